The standard InChI is InChI=1S/C17H17N3O6S/c1-25-17(22)15-12(4-9-27-15)18-16(21)11-2-3-13(14(10-11)20(23)24)19-5-7-26-8-6-19/h2-4,9-10H,5-8H2,1H3,(H,18,21). The van der Waals surface area contributed by atoms with E-state index in [9.17, 15) is 19.7 Å². The first kappa shape index (κ1) is 18.8. The first-order valence-corrected chi connectivity index (χ1v) is 8.97. The van der Waals surface area contributed by atoms with Crippen LogP contribution in [-0.4, -0.2) is 50.2 Å². The molecule has 1 aliphatic rings. The summed E-state index contributed by atoms with van der Waals surface area (Å²) in [4.78, 5) is 37.3. The smallest absolute Gasteiger partial charge is 0.350 e. The Hall–Kier alpha value is -2.98. The molecule has 9 nitrogen and oxygen atoms in total. The van der Waals surface area contributed by atoms with E-state index in [0.29, 0.717) is 37.7 Å². The highest BCUT2D eigenvalue weighted by Gasteiger charge is 2.24. The zero-order chi connectivity index (χ0) is 19.4. The van der Waals surface area contributed by atoms with Crippen molar-refractivity contribution in [3.8, 4) is 0 Å². The third-order valence-electron chi connectivity index (χ3n) is 4.07. The molecule has 1 fully saturated rings. The number of rotatable bonds is 5. The Morgan fingerprint density at radius 2 is 2.04 bits per heavy atom. The van der Waals surface area contributed by atoms with Crippen molar-refractivity contribution in [1.82, 2.24) is 0 Å². The van der Waals surface area contributed by atoms with Gasteiger partial charge in [-0.1, -0.05) is 0 Å². The van der Waals surface area contributed by atoms with Crippen LogP contribution in [0.25, 0.3) is 0 Å². The van der Waals surface area contributed by atoms with E-state index in [1.54, 1.807) is 17.5 Å². The van der Waals surface area contributed by atoms with Crippen molar-refractivity contribution < 1.29 is 24.0 Å². The van der Waals surface area contributed by atoms with Crippen LogP contribution in [0.3, 0.4) is 0 Å². The molecule has 1 aliphatic heterocycles. The Labute approximate surface area is 158 Å². The number of amides is 1. The quantitative estimate of drug-likeness (QED) is 0.474. The minimum Gasteiger partial charge on any atom is -0.465 e. The molecule has 3 rings (SSSR count). The van der Waals surface area contributed by atoms with E-state index in [1.807, 2.05) is 4.90 Å². The van der Waals surface area contributed by atoms with Gasteiger partial charge in [0.15, 0.2) is 0 Å². The molecule has 0 radical (unpaired) electrons. The Balaban J connectivity index is 1.85. The molecule has 0 saturated carbocycles. The SMILES string of the molecule is COC(=O)c1sccc1NC(=O)c1ccc(N2CCOCC2)c([N+](=O)[O-])c1. The van der Waals surface area contributed by atoms with Crippen LogP contribution in [0.5, 0.6) is 0 Å². The molecule has 0 unspecified atom stereocenters. The summed E-state index contributed by atoms with van der Waals surface area (Å²) in [6, 6.07) is 5.90. The highest BCUT2D eigenvalue weighted by molar-refractivity contribution is 7.12. The fourth-order valence-corrected chi connectivity index (χ4v) is 3.50. The van der Waals surface area contributed by atoms with E-state index in [1.165, 1.54) is 19.2 Å². The van der Waals surface area contributed by atoms with Crippen LogP contribution in [0.2, 0.25) is 0 Å². The number of hydrogen-bond acceptors (Lipinski definition) is 8. The number of methoxy groups -OCH3 is 1. The number of esters is 1. The lowest BCUT2D eigenvalue weighted by Gasteiger charge is -2.28. The van der Waals surface area contributed by atoms with Crippen LogP contribution < -0.4 is 10.2 Å². The molecule has 142 valence electrons. The van der Waals surface area contributed by atoms with Gasteiger partial charge >= 0.3 is 5.97 Å². The van der Waals surface area contributed by atoms with Crippen LogP contribution in [0.15, 0.2) is 29.6 Å². The number of thiophene rings is 1. The van der Waals surface area contributed by atoms with Crippen molar-refractivity contribution in [1.29, 1.82) is 0 Å². The minimum atomic E-state index is -0.561. The predicted octanol–water partition coefficient (Wildman–Crippen LogP) is 2.53. The average Bonchev–Trinajstić information content (AvgIpc) is 3.15. The molecule has 1 aromatic heterocycles. The van der Waals surface area contributed by atoms with Gasteiger partial charge in [-0.2, -0.15) is 0 Å². The van der Waals surface area contributed by atoms with E-state index in [-0.39, 0.29) is 16.1 Å². The highest BCUT2D eigenvalue weighted by atomic mass is 32.1. The number of carbonyl (C=O) groups excluding carboxylic acids is 2. The maximum atomic E-state index is 12.5. The number of nitrogens with one attached hydrogen (secondary N) is 1. The van der Waals surface area contributed by atoms with E-state index in [0.717, 1.165) is 11.3 Å². The van der Waals surface area contributed by atoms with Gasteiger partial charge in [-0.15, -0.1) is 11.3 Å². The summed E-state index contributed by atoms with van der Waals surface area (Å²) in [6.07, 6.45) is 0. The van der Waals surface area contributed by atoms with Gasteiger partial charge in [0.1, 0.15) is 10.6 Å². The number of carbonyl (C=O) groups is 2. The van der Waals surface area contributed by atoms with Crippen molar-refractivity contribution in [3.63, 3.8) is 0 Å². The fraction of sp³-hybridized carbons (Fsp3) is 0.294. The minimum absolute atomic E-state index is 0.126. The number of nitro benzene ring substituents is 1. The Morgan fingerprint density at radius 1 is 1.30 bits per heavy atom. The molecule has 0 atom stereocenters. The molecule has 2 aromatic rings. The molecule has 0 spiro atoms. The molecule has 1 saturated heterocycles. The maximum Gasteiger partial charge on any atom is 0.350 e. The van der Waals surface area contributed by atoms with Gasteiger partial charge in [0.05, 0.1) is 30.9 Å². The molecule has 0 aliphatic carbocycles. The van der Waals surface area contributed by atoms with Crippen LogP contribution in [0.4, 0.5) is 17.1 Å². The van der Waals surface area contributed by atoms with Gasteiger partial charge in [-0.05, 0) is 23.6 Å². The normalized spacial score (nSPS) is 13.9. The van der Waals surface area contributed by atoms with Gasteiger partial charge < -0.3 is 19.7 Å². The molecule has 1 amide bonds. The second-order valence-corrected chi connectivity index (χ2v) is 6.59. The van der Waals surface area contributed by atoms with E-state index < -0.39 is 16.8 Å². The summed E-state index contributed by atoms with van der Waals surface area (Å²) < 4.78 is 9.94. The number of hydrogen-bond donors (Lipinski definition) is 1. The van der Waals surface area contributed by atoms with E-state index >= 15 is 0 Å². The number of anilines is 2. The summed E-state index contributed by atoms with van der Waals surface area (Å²) in [5.74, 6) is -1.11. The van der Waals surface area contributed by atoms with Crippen molar-refractivity contribution in [2.75, 3.05) is 43.6 Å². The number of benzene rings is 1. The van der Waals surface area contributed by atoms with Gasteiger partial charge in [-0.25, -0.2) is 4.79 Å². The molecule has 1 N–H and O–H groups in total. The molecule has 2 heterocycles. The van der Waals surface area contributed by atoms with Crippen LogP contribution in [0.1, 0.15) is 20.0 Å². The molecule has 1 aromatic carbocycles. The van der Waals surface area contributed by atoms with Gasteiger partial charge in [0, 0.05) is 24.7 Å². The van der Waals surface area contributed by atoms with Crippen molar-refractivity contribution >= 4 is 40.3 Å². The monoisotopic (exact) mass is 391 g/mol. The maximum absolute atomic E-state index is 12.5. The fourth-order valence-electron chi connectivity index (χ4n) is 2.74. The van der Waals surface area contributed by atoms with Crippen molar-refractivity contribution in [2.45, 2.75) is 0 Å². The van der Waals surface area contributed by atoms with Crippen molar-refractivity contribution in [3.05, 3.63) is 50.2 Å². The topological polar surface area (TPSA) is 111 Å². The summed E-state index contributed by atoms with van der Waals surface area (Å²) in [7, 11) is 1.25. The number of nitro groups is 1. The lowest BCUT2D eigenvalue weighted by atomic mass is 10.1. The molecular formula is C17H17N3O6S. The lowest BCUT2D eigenvalue weighted by Crippen LogP contribution is -2.36. The first-order chi connectivity index (χ1) is 13.0. The van der Waals surface area contributed by atoms with Crippen LogP contribution in [0, 0.1) is 10.1 Å². The number of morpholine rings is 1. The molecular weight excluding hydrogens is 374 g/mol. The lowest BCUT2D eigenvalue weighted by molar-refractivity contribution is -0.384. The van der Waals surface area contributed by atoms with Gasteiger partial charge in [0.25, 0.3) is 11.6 Å². The zero-order valence-corrected chi connectivity index (χ0v) is 15.3. The molecule has 10 heteroatoms. The number of ether oxygens (including phenoxy) is 2. The zero-order valence-electron chi connectivity index (χ0n) is 14.5. The van der Waals surface area contributed by atoms with Crippen molar-refractivity contribution in [2.24, 2.45) is 0 Å². The summed E-state index contributed by atoms with van der Waals surface area (Å²) in [5.41, 5.74) is 0.728. The van der Waals surface area contributed by atoms with Gasteiger partial charge in [0.2, 0.25) is 0 Å². The Bertz CT molecular complexity index is 875. The third kappa shape index (κ3) is 4.07. The third-order valence-corrected chi connectivity index (χ3v) is 4.96. The van der Waals surface area contributed by atoms with Crippen LogP contribution >= 0.6 is 11.3 Å². The average molecular weight is 391 g/mol. The molecule has 27 heavy (non-hydrogen) atoms. The summed E-state index contributed by atoms with van der Waals surface area (Å²) in [6.45, 7) is 2.08. The summed E-state index contributed by atoms with van der Waals surface area (Å²) in [5, 5.41) is 15.7. The predicted molar refractivity (Wildman–Crippen MR) is 99.7 cm³/mol. The van der Waals surface area contributed by atoms with E-state index in [2.05, 4.69) is 10.1 Å². The highest BCUT2D eigenvalue weighted by Crippen LogP contribution is 2.31. The molecule has 0 bridgehead atoms. The number of nitrogens with zero attached hydrogens (tertiary/aromatic N) is 2. The Kier molecular flexibility index (Phi) is 5.67. The van der Waals surface area contributed by atoms with E-state index in [4.69, 9.17) is 4.74 Å². The largest absolute Gasteiger partial charge is 0.465 e. The second-order valence-electron chi connectivity index (χ2n) is 5.67. The first-order valence-electron chi connectivity index (χ1n) is 8.09. The van der Waals surface area contributed by atoms with Crippen LogP contribution in [-0.2, 0) is 9.47 Å². The summed E-state index contributed by atoms with van der Waals surface area (Å²) >= 11 is 1.13. The Morgan fingerprint density at radius 3 is 2.70 bits per heavy atom. The second kappa shape index (κ2) is 8.14. The van der Waals surface area contributed by atoms with Gasteiger partial charge in [-0.3, -0.25) is 14.9 Å².